The molecule has 1 atom stereocenters. The fourth-order valence-electron chi connectivity index (χ4n) is 2.57. The summed E-state index contributed by atoms with van der Waals surface area (Å²) in [5.41, 5.74) is 5.29. The average molecular weight is 270 g/mol. The molecule has 2 amide bonds. The van der Waals surface area contributed by atoms with Gasteiger partial charge in [-0.05, 0) is 6.42 Å². The van der Waals surface area contributed by atoms with Crippen LogP contribution in [0.4, 0.5) is 0 Å². The number of rotatable bonds is 3. The molecule has 2 heterocycles. The zero-order chi connectivity index (χ0) is 13.7. The lowest BCUT2D eigenvalue weighted by molar-refractivity contribution is -0.145. The first kappa shape index (κ1) is 14.2. The molecule has 2 fully saturated rings. The Morgan fingerprint density at radius 1 is 1.26 bits per heavy atom. The zero-order valence-corrected chi connectivity index (χ0v) is 11.1. The Balaban J connectivity index is 1.80. The number of carbonyl (C=O) groups is 2. The Hall–Kier alpha value is -1.18. The third-order valence-electron chi connectivity index (χ3n) is 3.64. The van der Waals surface area contributed by atoms with Crippen molar-refractivity contribution in [3.05, 3.63) is 0 Å². The minimum absolute atomic E-state index is 0.339. The molecule has 108 valence electrons. The molecule has 0 aromatic heterocycles. The first-order valence-corrected chi connectivity index (χ1v) is 6.81. The molecule has 19 heavy (non-hydrogen) atoms. The smallest absolute Gasteiger partial charge is 0.311 e. The number of hydrogen-bond donors (Lipinski definition) is 2. The van der Waals surface area contributed by atoms with Crippen molar-refractivity contribution in [2.24, 2.45) is 5.73 Å². The zero-order valence-electron chi connectivity index (χ0n) is 11.1. The van der Waals surface area contributed by atoms with Crippen LogP contribution in [0.1, 0.15) is 6.42 Å². The molecule has 0 aliphatic carbocycles. The monoisotopic (exact) mass is 270 g/mol. The molecule has 0 radical (unpaired) electrons. The van der Waals surface area contributed by atoms with Gasteiger partial charge in [-0.1, -0.05) is 0 Å². The second-order valence-corrected chi connectivity index (χ2v) is 4.89. The van der Waals surface area contributed by atoms with E-state index in [1.54, 1.807) is 4.90 Å². The highest BCUT2D eigenvalue weighted by Gasteiger charge is 2.33. The second-order valence-electron chi connectivity index (χ2n) is 4.89. The SMILES string of the molecule is NCCNC(=O)C(=O)N1CCC(N2CCOCC2)C1. The Morgan fingerprint density at radius 2 is 2.00 bits per heavy atom. The molecular weight excluding hydrogens is 248 g/mol. The van der Waals surface area contributed by atoms with Gasteiger partial charge in [-0.3, -0.25) is 14.5 Å². The van der Waals surface area contributed by atoms with Crippen LogP contribution >= 0.6 is 0 Å². The van der Waals surface area contributed by atoms with Crippen molar-refractivity contribution in [3.63, 3.8) is 0 Å². The van der Waals surface area contributed by atoms with Crippen LogP contribution in [0.2, 0.25) is 0 Å². The number of nitrogens with zero attached hydrogens (tertiary/aromatic N) is 2. The van der Waals surface area contributed by atoms with Gasteiger partial charge in [-0.25, -0.2) is 0 Å². The first-order chi connectivity index (χ1) is 9.22. The maximum Gasteiger partial charge on any atom is 0.311 e. The second kappa shape index (κ2) is 6.83. The molecule has 1 unspecified atom stereocenters. The van der Waals surface area contributed by atoms with E-state index in [1.165, 1.54) is 0 Å². The predicted octanol–water partition coefficient (Wildman–Crippen LogP) is -2.01. The fraction of sp³-hybridized carbons (Fsp3) is 0.833. The molecule has 0 aromatic carbocycles. The molecule has 0 bridgehead atoms. The lowest BCUT2D eigenvalue weighted by Crippen LogP contribution is -2.47. The summed E-state index contributed by atoms with van der Waals surface area (Å²) in [5, 5.41) is 2.51. The Bertz CT molecular complexity index is 331. The van der Waals surface area contributed by atoms with Crippen molar-refractivity contribution in [2.75, 3.05) is 52.5 Å². The van der Waals surface area contributed by atoms with Crippen LogP contribution in [0, 0.1) is 0 Å². The van der Waals surface area contributed by atoms with Gasteiger partial charge in [-0.15, -0.1) is 0 Å². The number of likely N-dealkylation sites (tertiary alicyclic amines) is 1. The molecule has 0 saturated carbocycles. The minimum Gasteiger partial charge on any atom is -0.379 e. The van der Waals surface area contributed by atoms with Crippen LogP contribution in [0.5, 0.6) is 0 Å². The van der Waals surface area contributed by atoms with E-state index in [9.17, 15) is 9.59 Å². The number of nitrogens with two attached hydrogens (primary N) is 1. The Labute approximate surface area is 113 Å². The summed E-state index contributed by atoms with van der Waals surface area (Å²) in [5.74, 6) is -0.989. The summed E-state index contributed by atoms with van der Waals surface area (Å²) in [6, 6.07) is 0.357. The van der Waals surface area contributed by atoms with Crippen LogP contribution in [-0.2, 0) is 14.3 Å². The standard InChI is InChI=1S/C12H22N4O3/c13-2-3-14-11(17)12(18)16-4-1-10(9-16)15-5-7-19-8-6-15/h10H,1-9,13H2,(H,14,17). The summed E-state index contributed by atoms with van der Waals surface area (Å²) in [7, 11) is 0. The quantitative estimate of drug-likeness (QED) is 0.579. The topological polar surface area (TPSA) is 87.9 Å². The van der Waals surface area contributed by atoms with Crippen molar-refractivity contribution >= 4 is 11.8 Å². The van der Waals surface area contributed by atoms with Crippen LogP contribution in [-0.4, -0.2) is 80.1 Å². The number of morpholine rings is 1. The van der Waals surface area contributed by atoms with E-state index in [0.29, 0.717) is 32.2 Å². The molecule has 0 aromatic rings. The molecule has 0 spiro atoms. The van der Waals surface area contributed by atoms with Gasteiger partial charge in [0.15, 0.2) is 0 Å². The number of nitrogens with one attached hydrogen (secondary N) is 1. The molecule has 3 N–H and O–H groups in total. The van der Waals surface area contributed by atoms with E-state index in [1.807, 2.05) is 0 Å². The first-order valence-electron chi connectivity index (χ1n) is 6.81. The minimum atomic E-state index is -0.548. The van der Waals surface area contributed by atoms with Gasteiger partial charge >= 0.3 is 11.8 Å². The molecule has 2 aliphatic rings. The molecule has 2 rings (SSSR count). The summed E-state index contributed by atoms with van der Waals surface area (Å²) in [6.45, 7) is 5.29. The lowest BCUT2D eigenvalue weighted by atomic mass is 10.2. The van der Waals surface area contributed by atoms with Gasteiger partial charge in [0.25, 0.3) is 0 Å². The van der Waals surface area contributed by atoms with Crippen LogP contribution in [0.3, 0.4) is 0 Å². The highest BCUT2D eigenvalue weighted by molar-refractivity contribution is 6.35. The summed E-state index contributed by atoms with van der Waals surface area (Å²) in [4.78, 5) is 27.5. The highest BCUT2D eigenvalue weighted by Crippen LogP contribution is 2.16. The van der Waals surface area contributed by atoms with Crippen molar-refractivity contribution < 1.29 is 14.3 Å². The summed E-state index contributed by atoms with van der Waals surface area (Å²) < 4.78 is 5.32. The van der Waals surface area contributed by atoms with Crippen molar-refractivity contribution in [1.29, 1.82) is 0 Å². The third-order valence-corrected chi connectivity index (χ3v) is 3.64. The Morgan fingerprint density at radius 3 is 2.68 bits per heavy atom. The van der Waals surface area contributed by atoms with Gasteiger partial charge in [0, 0.05) is 45.3 Å². The van der Waals surface area contributed by atoms with Gasteiger partial charge in [-0.2, -0.15) is 0 Å². The third kappa shape index (κ3) is 3.65. The highest BCUT2D eigenvalue weighted by atomic mass is 16.5. The predicted molar refractivity (Wildman–Crippen MR) is 69.4 cm³/mol. The summed E-state index contributed by atoms with van der Waals surface area (Å²) in [6.07, 6.45) is 0.926. The van der Waals surface area contributed by atoms with E-state index in [-0.39, 0.29) is 0 Å². The maximum absolute atomic E-state index is 11.9. The number of ether oxygens (including phenoxy) is 1. The largest absolute Gasteiger partial charge is 0.379 e. The van der Waals surface area contributed by atoms with Crippen molar-refractivity contribution in [3.8, 4) is 0 Å². The Kier molecular flexibility index (Phi) is 5.12. The molecule has 2 saturated heterocycles. The van der Waals surface area contributed by atoms with Crippen LogP contribution < -0.4 is 11.1 Å². The summed E-state index contributed by atoms with van der Waals surface area (Å²) >= 11 is 0. The van der Waals surface area contributed by atoms with Crippen LogP contribution in [0.15, 0.2) is 0 Å². The van der Waals surface area contributed by atoms with E-state index in [2.05, 4.69) is 10.2 Å². The lowest BCUT2D eigenvalue weighted by Gasteiger charge is -2.31. The van der Waals surface area contributed by atoms with E-state index in [0.717, 1.165) is 32.7 Å². The van der Waals surface area contributed by atoms with Crippen molar-refractivity contribution in [2.45, 2.75) is 12.5 Å². The molecule has 2 aliphatic heterocycles. The van der Waals surface area contributed by atoms with Gasteiger partial charge in [0.1, 0.15) is 0 Å². The number of hydrogen-bond acceptors (Lipinski definition) is 5. The fourth-order valence-corrected chi connectivity index (χ4v) is 2.57. The van der Waals surface area contributed by atoms with E-state index in [4.69, 9.17) is 10.5 Å². The van der Waals surface area contributed by atoms with Gasteiger partial charge < -0.3 is 20.7 Å². The number of amides is 2. The van der Waals surface area contributed by atoms with E-state index < -0.39 is 11.8 Å². The average Bonchev–Trinajstić information content (AvgIpc) is 2.94. The molecular formula is C12H22N4O3. The molecule has 7 nitrogen and oxygen atoms in total. The van der Waals surface area contributed by atoms with E-state index >= 15 is 0 Å². The maximum atomic E-state index is 11.9. The molecule has 7 heteroatoms. The number of carbonyl (C=O) groups excluding carboxylic acids is 2. The van der Waals surface area contributed by atoms with Crippen molar-refractivity contribution in [1.82, 2.24) is 15.1 Å². The van der Waals surface area contributed by atoms with Crippen LogP contribution in [0.25, 0.3) is 0 Å². The van der Waals surface area contributed by atoms with Gasteiger partial charge in [0.2, 0.25) is 0 Å². The normalized spacial score (nSPS) is 24.5. The van der Waals surface area contributed by atoms with Gasteiger partial charge in [0.05, 0.1) is 13.2 Å².